The SMILES string of the molecule is CCc1nc2sc([C@H](c3ccccc3)[NH+]3C[C@@H](C)C[C@H](C)C3)c(O)n2n1. The third-order valence-electron chi connectivity index (χ3n) is 5.39. The number of thiazole rings is 1. The van der Waals surface area contributed by atoms with Gasteiger partial charge in [0.1, 0.15) is 4.88 Å². The smallest absolute Gasteiger partial charge is 0.235 e. The summed E-state index contributed by atoms with van der Waals surface area (Å²) in [6.07, 6.45) is 2.06. The topological polar surface area (TPSA) is 54.9 Å². The molecule has 1 fully saturated rings. The Labute approximate surface area is 158 Å². The van der Waals surface area contributed by atoms with E-state index in [-0.39, 0.29) is 11.9 Å². The Balaban J connectivity index is 1.80. The van der Waals surface area contributed by atoms with Crippen LogP contribution in [-0.2, 0) is 6.42 Å². The van der Waals surface area contributed by atoms with E-state index in [0.717, 1.165) is 35.2 Å². The summed E-state index contributed by atoms with van der Waals surface area (Å²) in [5.74, 6) is 2.42. The van der Waals surface area contributed by atoms with E-state index >= 15 is 0 Å². The highest BCUT2D eigenvalue weighted by Gasteiger charge is 2.36. The summed E-state index contributed by atoms with van der Waals surface area (Å²) in [6.45, 7) is 8.96. The number of hydrogen-bond donors (Lipinski definition) is 2. The highest BCUT2D eigenvalue weighted by molar-refractivity contribution is 7.17. The number of piperidine rings is 1. The molecule has 4 rings (SSSR count). The van der Waals surface area contributed by atoms with Crippen molar-refractivity contribution in [2.45, 2.75) is 39.7 Å². The van der Waals surface area contributed by atoms with E-state index in [2.05, 4.69) is 48.2 Å². The molecular formula is C20H27N4OS+. The van der Waals surface area contributed by atoms with Crippen LogP contribution in [0.15, 0.2) is 30.3 Å². The molecular weight excluding hydrogens is 344 g/mol. The second kappa shape index (κ2) is 7.00. The molecule has 2 aromatic heterocycles. The van der Waals surface area contributed by atoms with Gasteiger partial charge in [-0.2, -0.15) is 4.52 Å². The second-order valence-corrected chi connectivity index (χ2v) is 8.73. The van der Waals surface area contributed by atoms with Gasteiger partial charge in [0.2, 0.25) is 10.8 Å². The number of nitrogens with zero attached hydrogens (tertiary/aromatic N) is 3. The highest BCUT2D eigenvalue weighted by atomic mass is 32.1. The van der Waals surface area contributed by atoms with E-state index in [1.807, 2.05) is 13.0 Å². The number of benzene rings is 1. The molecule has 3 atom stereocenters. The molecule has 0 bridgehead atoms. The number of aromatic hydroxyl groups is 1. The molecule has 3 aromatic rings. The molecule has 0 aliphatic carbocycles. The van der Waals surface area contributed by atoms with Crippen molar-refractivity contribution in [2.24, 2.45) is 11.8 Å². The van der Waals surface area contributed by atoms with Gasteiger partial charge >= 0.3 is 0 Å². The van der Waals surface area contributed by atoms with Gasteiger partial charge in [-0.15, -0.1) is 5.10 Å². The average Bonchev–Trinajstić information content (AvgIpc) is 3.15. The normalized spacial score (nSPS) is 24.8. The third kappa shape index (κ3) is 3.12. The lowest BCUT2D eigenvalue weighted by molar-refractivity contribution is -0.936. The minimum atomic E-state index is 0.125. The van der Waals surface area contributed by atoms with Crippen molar-refractivity contribution in [3.63, 3.8) is 0 Å². The van der Waals surface area contributed by atoms with Crippen molar-refractivity contribution in [1.82, 2.24) is 14.6 Å². The fraction of sp³-hybridized carbons (Fsp3) is 0.500. The first-order valence-electron chi connectivity index (χ1n) is 9.53. The molecule has 26 heavy (non-hydrogen) atoms. The first-order chi connectivity index (χ1) is 12.6. The largest absolute Gasteiger partial charge is 0.492 e. The monoisotopic (exact) mass is 371 g/mol. The lowest BCUT2D eigenvalue weighted by Crippen LogP contribution is -3.14. The highest BCUT2D eigenvalue weighted by Crippen LogP contribution is 2.35. The number of aromatic nitrogens is 3. The second-order valence-electron chi connectivity index (χ2n) is 7.72. The Morgan fingerprint density at radius 3 is 2.54 bits per heavy atom. The number of fused-ring (bicyclic) bond motifs is 1. The van der Waals surface area contributed by atoms with Crippen LogP contribution < -0.4 is 4.90 Å². The summed E-state index contributed by atoms with van der Waals surface area (Å²) < 4.78 is 1.62. The molecule has 6 heteroatoms. The molecule has 0 unspecified atom stereocenters. The zero-order valence-electron chi connectivity index (χ0n) is 15.6. The van der Waals surface area contributed by atoms with Gasteiger partial charge in [0.15, 0.2) is 11.9 Å². The van der Waals surface area contributed by atoms with E-state index in [4.69, 9.17) is 0 Å². The first-order valence-corrected chi connectivity index (χ1v) is 10.3. The van der Waals surface area contributed by atoms with E-state index in [1.165, 1.54) is 16.9 Å². The molecule has 0 amide bonds. The number of rotatable bonds is 4. The number of quaternary nitrogens is 1. The lowest BCUT2D eigenvalue weighted by atomic mass is 9.89. The fourth-order valence-corrected chi connectivity index (χ4v) is 5.57. The zero-order valence-corrected chi connectivity index (χ0v) is 16.5. The molecule has 0 radical (unpaired) electrons. The summed E-state index contributed by atoms with van der Waals surface area (Å²) in [6, 6.07) is 10.7. The number of likely N-dealkylation sites (tertiary alicyclic amines) is 1. The van der Waals surface area contributed by atoms with E-state index in [1.54, 1.807) is 15.9 Å². The summed E-state index contributed by atoms with van der Waals surface area (Å²) in [4.78, 5) is 7.85. The summed E-state index contributed by atoms with van der Waals surface area (Å²) in [5.41, 5.74) is 1.25. The molecule has 5 nitrogen and oxygen atoms in total. The van der Waals surface area contributed by atoms with Crippen LogP contribution in [0.5, 0.6) is 5.88 Å². The van der Waals surface area contributed by atoms with Gasteiger partial charge in [-0.25, -0.2) is 4.98 Å². The van der Waals surface area contributed by atoms with Gasteiger partial charge in [0.25, 0.3) is 0 Å². The molecule has 3 heterocycles. The van der Waals surface area contributed by atoms with Crippen LogP contribution in [-0.4, -0.2) is 32.8 Å². The maximum absolute atomic E-state index is 11.0. The van der Waals surface area contributed by atoms with Gasteiger partial charge in [-0.05, 0) is 6.42 Å². The van der Waals surface area contributed by atoms with Crippen LogP contribution >= 0.6 is 11.3 Å². The maximum Gasteiger partial charge on any atom is 0.235 e. The molecule has 0 spiro atoms. The maximum atomic E-state index is 11.0. The quantitative estimate of drug-likeness (QED) is 0.741. The molecule has 1 aliphatic rings. The van der Waals surface area contributed by atoms with Crippen molar-refractivity contribution in [1.29, 1.82) is 0 Å². The molecule has 2 N–H and O–H groups in total. The van der Waals surface area contributed by atoms with Gasteiger partial charge < -0.3 is 10.0 Å². The average molecular weight is 372 g/mol. The van der Waals surface area contributed by atoms with Gasteiger partial charge in [-0.1, -0.05) is 62.4 Å². The zero-order chi connectivity index (χ0) is 18.3. The van der Waals surface area contributed by atoms with Crippen molar-refractivity contribution < 1.29 is 10.0 Å². The minimum Gasteiger partial charge on any atom is -0.492 e. The first kappa shape index (κ1) is 17.5. The molecule has 1 saturated heterocycles. The summed E-state index contributed by atoms with van der Waals surface area (Å²) in [5, 5.41) is 15.4. The predicted octanol–water partition coefficient (Wildman–Crippen LogP) is 2.71. The Hall–Kier alpha value is -1.92. The Kier molecular flexibility index (Phi) is 4.71. The van der Waals surface area contributed by atoms with Crippen molar-refractivity contribution in [3.8, 4) is 5.88 Å². The van der Waals surface area contributed by atoms with Crippen LogP contribution in [0.3, 0.4) is 0 Å². The van der Waals surface area contributed by atoms with E-state index in [9.17, 15) is 5.11 Å². The molecule has 138 valence electrons. The van der Waals surface area contributed by atoms with Gasteiger partial charge in [0, 0.05) is 23.8 Å². The van der Waals surface area contributed by atoms with Gasteiger partial charge in [0.05, 0.1) is 13.1 Å². The molecule has 1 aromatic carbocycles. The Bertz CT molecular complexity index is 878. The van der Waals surface area contributed by atoms with Crippen LogP contribution in [0, 0.1) is 11.8 Å². The van der Waals surface area contributed by atoms with Crippen molar-refractivity contribution >= 4 is 16.3 Å². The van der Waals surface area contributed by atoms with Gasteiger partial charge in [-0.3, -0.25) is 0 Å². The number of aryl methyl sites for hydroxylation is 1. The van der Waals surface area contributed by atoms with Crippen LogP contribution in [0.2, 0.25) is 0 Å². The third-order valence-corrected chi connectivity index (χ3v) is 6.47. The number of nitrogens with one attached hydrogen (secondary N) is 1. The Morgan fingerprint density at radius 2 is 1.92 bits per heavy atom. The fourth-order valence-electron chi connectivity index (χ4n) is 4.41. The Morgan fingerprint density at radius 1 is 1.23 bits per heavy atom. The van der Waals surface area contributed by atoms with Crippen LogP contribution in [0.25, 0.3) is 4.96 Å². The van der Waals surface area contributed by atoms with E-state index < -0.39 is 0 Å². The minimum absolute atomic E-state index is 0.125. The van der Waals surface area contributed by atoms with Crippen molar-refractivity contribution in [3.05, 3.63) is 46.6 Å². The summed E-state index contributed by atoms with van der Waals surface area (Å²) in [7, 11) is 0. The predicted molar refractivity (Wildman–Crippen MR) is 104 cm³/mol. The van der Waals surface area contributed by atoms with Crippen LogP contribution in [0.1, 0.15) is 49.5 Å². The molecule has 1 aliphatic heterocycles. The number of hydrogen-bond acceptors (Lipinski definition) is 4. The molecule has 0 saturated carbocycles. The van der Waals surface area contributed by atoms with Crippen LogP contribution in [0.4, 0.5) is 0 Å². The standard InChI is InChI=1S/C20H26N4OS/c1-4-16-21-20-24(22-16)19(25)18(26-20)17(15-8-6-5-7-9-15)23-11-13(2)10-14(3)12-23/h5-9,13-14,17,25H,4,10-12H2,1-3H3/p+1/t13-,14-,17-/m0/s1. The van der Waals surface area contributed by atoms with E-state index in [0.29, 0.717) is 11.8 Å². The lowest BCUT2D eigenvalue weighted by Gasteiger charge is -2.36. The summed E-state index contributed by atoms with van der Waals surface area (Å²) >= 11 is 1.58. The van der Waals surface area contributed by atoms with Crippen molar-refractivity contribution in [2.75, 3.05) is 13.1 Å².